The number of nitro groups is 2. The summed E-state index contributed by atoms with van der Waals surface area (Å²) in [5, 5.41) is 22.2. The van der Waals surface area contributed by atoms with Gasteiger partial charge in [-0.2, -0.15) is 16.8 Å². The molecule has 0 aliphatic rings. The fourth-order valence-corrected chi connectivity index (χ4v) is 4.39. The van der Waals surface area contributed by atoms with Crippen LogP contribution < -0.4 is 4.80 Å². The lowest BCUT2D eigenvalue weighted by atomic mass is 10.1. The summed E-state index contributed by atoms with van der Waals surface area (Å²) in [5.74, 6) is 0.0485. The van der Waals surface area contributed by atoms with E-state index in [4.69, 9.17) is 0 Å². The van der Waals surface area contributed by atoms with Crippen molar-refractivity contribution in [3.8, 4) is 0 Å². The highest BCUT2D eigenvalue weighted by Gasteiger charge is 2.20. The molecule has 30 heavy (non-hydrogen) atoms. The van der Waals surface area contributed by atoms with Crippen molar-refractivity contribution in [3.05, 3.63) is 72.6 Å². The first-order valence-corrected chi connectivity index (χ1v) is 11.2. The monoisotopic (exact) mass is 446 g/mol. The van der Waals surface area contributed by atoms with Gasteiger partial charge in [-0.3, -0.25) is 25.0 Å². The van der Waals surface area contributed by atoms with E-state index >= 15 is 0 Å². The number of non-ortho nitro benzene ring substituents is 2. The van der Waals surface area contributed by atoms with E-state index in [1.807, 2.05) is 23.0 Å². The molecule has 1 amide bonds. The van der Waals surface area contributed by atoms with E-state index in [1.54, 1.807) is 11.8 Å². The number of carbonyl (C=O) groups is 1. The summed E-state index contributed by atoms with van der Waals surface area (Å²) in [7, 11) is 0. The molecule has 11 heteroatoms. The van der Waals surface area contributed by atoms with Crippen molar-refractivity contribution in [1.29, 1.82) is 0 Å². The lowest BCUT2D eigenvalue weighted by molar-refractivity contribution is -0.394. The number of hydrogen-bond donors (Lipinski definition) is 0. The van der Waals surface area contributed by atoms with E-state index in [2.05, 4.69) is 18.0 Å². The van der Waals surface area contributed by atoms with Crippen LogP contribution in [0.5, 0.6) is 0 Å². The van der Waals surface area contributed by atoms with Crippen molar-refractivity contribution in [1.82, 2.24) is 4.57 Å². The molecule has 3 rings (SSSR count). The number of carbonyl (C=O) groups excluding carboxylic acids is 1. The van der Waals surface area contributed by atoms with Crippen LogP contribution in [0.1, 0.15) is 22.8 Å². The summed E-state index contributed by atoms with van der Waals surface area (Å²) >= 11 is 3.00. The first-order valence-electron chi connectivity index (χ1n) is 8.98. The SMILES string of the molecule is CCc1ccc2c(c1)sc(=NC(=O)c1cc([N+](=O)[O-])cc([N+](=O)[O-])c1)n2CCSC. The maximum Gasteiger partial charge on any atom is 0.280 e. The minimum atomic E-state index is -0.770. The predicted molar refractivity (Wildman–Crippen MR) is 117 cm³/mol. The number of thioether (sulfide) groups is 1. The number of nitro benzene ring substituents is 2. The number of fused-ring (bicyclic) bond motifs is 1. The van der Waals surface area contributed by atoms with Gasteiger partial charge in [-0.15, -0.1) is 0 Å². The summed E-state index contributed by atoms with van der Waals surface area (Å²) in [5.41, 5.74) is 0.860. The summed E-state index contributed by atoms with van der Waals surface area (Å²) < 4.78 is 2.91. The molecule has 0 aliphatic carbocycles. The zero-order valence-electron chi connectivity index (χ0n) is 16.2. The Morgan fingerprint density at radius 3 is 2.37 bits per heavy atom. The number of aryl methyl sites for hydroxylation is 2. The maximum absolute atomic E-state index is 12.8. The molecule has 0 fully saturated rings. The first kappa shape index (κ1) is 21.7. The van der Waals surface area contributed by atoms with Gasteiger partial charge < -0.3 is 4.57 Å². The lowest BCUT2D eigenvalue weighted by Gasteiger charge is -2.04. The van der Waals surface area contributed by atoms with Crippen LogP contribution in [-0.2, 0) is 13.0 Å². The van der Waals surface area contributed by atoms with Crippen molar-refractivity contribution in [2.45, 2.75) is 19.9 Å². The largest absolute Gasteiger partial charge is 0.316 e. The molecule has 0 spiro atoms. The Morgan fingerprint density at radius 1 is 1.13 bits per heavy atom. The summed E-state index contributed by atoms with van der Waals surface area (Å²) in [4.78, 5) is 38.0. The van der Waals surface area contributed by atoms with Gasteiger partial charge in [0.25, 0.3) is 17.3 Å². The molecule has 0 radical (unpaired) electrons. The van der Waals surface area contributed by atoms with Gasteiger partial charge in [0.15, 0.2) is 4.80 Å². The maximum atomic E-state index is 12.8. The number of nitrogens with zero attached hydrogens (tertiary/aromatic N) is 4. The third-order valence-corrected chi connectivity index (χ3v) is 6.07. The Balaban J connectivity index is 2.14. The Bertz CT molecular complexity index is 1180. The molecular weight excluding hydrogens is 428 g/mol. The summed E-state index contributed by atoms with van der Waals surface area (Å²) in [6, 6.07) is 8.91. The average Bonchev–Trinajstić information content (AvgIpc) is 3.07. The van der Waals surface area contributed by atoms with Crippen molar-refractivity contribution in [2.24, 2.45) is 4.99 Å². The highest BCUT2D eigenvalue weighted by atomic mass is 32.2. The number of hydrogen-bond acceptors (Lipinski definition) is 7. The van der Waals surface area contributed by atoms with Crippen LogP contribution in [0.3, 0.4) is 0 Å². The second kappa shape index (κ2) is 9.18. The molecule has 9 nitrogen and oxygen atoms in total. The second-order valence-electron chi connectivity index (χ2n) is 6.35. The molecule has 2 aromatic carbocycles. The molecule has 0 bridgehead atoms. The highest BCUT2D eigenvalue weighted by Crippen LogP contribution is 2.24. The van der Waals surface area contributed by atoms with Crippen LogP contribution in [0.25, 0.3) is 10.2 Å². The van der Waals surface area contributed by atoms with Crippen LogP contribution in [-0.4, -0.2) is 32.3 Å². The standard InChI is InChI=1S/C19H18N4O5S2/c1-3-12-4-5-16-17(8-12)30-19(21(16)6-7-29-2)20-18(24)13-9-14(22(25)26)11-15(10-13)23(27)28/h4-5,8-11H,3,6-7H2,1-2H3. The summed E-state index contributed by atoms with van der Waals surface area (Å²) in [6.45, 7) is 2.69. The quantitative estimate of drug-likeness (QED) is 0.396. The Kier molecular flexibility index (Phi) is 6.63. The average molecular weight is 447 g/mol. The van der Waals surface area contributed by atoms with Gasteiger partial charge in [0.05, 0.1) is 31.7 Å². The number of aromatic nitrogens is 1. The topological polar surface area (TPSA) is 121 Å². The summed E-state index contributed by atoms with van der Waals surface area (Å²) in [6.07, 6.45) is 2.86. The molecule has 1 aromatic heterocycles. The van der Waals surface area contributed by atoms with E-state index in [0.717, 1.165) is 46.2 Å². The number of amides is 1. The van der Waals surface area contributed by atoms with Crippen LogP contribution in [0, 0.1) is 20.2 Å². The van der Waals surface area contributed by atoms with Gasteiger partial charge in [-0.25, -0.2) is 0 Å². The normalized spacial score (nSPS) is 11.7. The molecule has 0 saturated heterocycles. The van der Waals surface area contributed by atoms with Crippen molar-refractivity contribution in [3.63, 3.8) is 0 Å². The Labute approximate surface area is 179 Å². The molecule has 3 aromatic rings. The lowest BCUT2D eigenvalue weighted by Crippen LogP contribution is -2.18. The fraction of sp³-hybridized carbons (Fsp3) is 0.263. The minimum Gasteiger partial charge on any atom is -0.316 e. The van der Waals surface area contributed by atoms with Gasteiger partial charge in [-0.1, -0.05) is 24.3 Å². The first-order chi connectivity index (χ1) is 14.3. The minimum absolute atomic E-state index is 0.195. The van der Waals surface area contributed by atoms with Crippen molar-refractivity contribution >= 4 is 50.6 Å². The van der Waals surface area contributed by atoms with Gasteiger partial charge in [0.2, 0.25) is 0 Å². The van der Waals surface area contributed by atoms with Crippen LogP contribution in [0.2, 0.25) is 0 Å². The molecular formula is C19H18N4O5S2. The number of benzene rings is 2. The van der Waals surface area contributed by atoms with E-state index in [9.17, 15) is 25.0 Å². The van der Waals surface area contributed by atoms with E-state index in [-0.39, 0.29) is 5.56 Å². The molecule has 0 atom stereocenters. The van der Waals surface area contributed by atoms with Gasteiger partial charge >= 0.3 is 0 Å². The van der Waals surface area contributed by atoms with Crippen molar-refractivity contribution in [2.75, 3.05) is 12.0 Å². The Hall–Kier alpha value is -3.05. The molecule has 0 saturated carbocycles. The number of rotatable bonds is 7. The predicted octanol–water partition coefficient (Wildman–Crippen LogP) is 4.19. The van der Waals surface area contributed by atoms with Crippen LogP contribution >= 0.6 is 23.1 Å². The second-order valence-corrected chi connectivity index (χ2v) is 8.35. The van der Waals surface area contributed by atoms with Gasteiger partial charge in [0.1, 0.15) is 0 Å². The van der Waals surface area contributed by atoms with Crippen molar-refractivity contribution < 1.29 is 14.6 Å². The van der Waals surface area contributed by atoms with Crippen LogP contribution in [0.15, 0.2) is 41.4 Å². The molecule has 156 valence electrons. The van der Waals surface area contributed by atoms with Gasteiger partial charge in [-0.05, 0) is 30.4 Å². The zero-order chi connectivity index (χ0) is 21.8. The van der Waals surface area contributed by atoms with Crippen LogP contribution in [0.4, 0.5) is 11.4 Å². The smallest absolute Gasteiger partial charge is 0.280 e. The molecule has 0 N–H and O–H groups in total. The van der Waals surface area contributed by atoms with E-state index in [1.165, 1.54) is 11.3 Å². The highest BCUT2D eigenvalue weighted by molar-refractivity contribution is 7.98. The molecule has 1 heterocycles. The zero-order valence-corrected chi connectivity index (χ0v) is 17.9. The third kappa shape index (κ3) is 4.57. The fourth-order valence-electron chi connectivity index (χ4n) is 2.90. The Morgan fingerprint density at radius 2 is 1.80 bits per heavy atom. The van der Waals surface area contributed by atoms with E-state index < -0.39 is 27.1 Å². The third-order valence-electron chi connectivity index (χ3n) is 4.44. The molecule has 0 unspecified atom stereocenters. The van der Waals surface area contributed by atoms with Gasteiger partial charge in [0, 0.05) is 24.4 Å². The van der Waals surface area contributed by atoms with E-state index in [0.29, 0.717) is 11.3 Å². The number of thiazole rings is 1. The molecule has 0 aliphatic heterocycles.